The quantitative estimate of drug-likeness (QED) is 0.200. The summed E-state index contributed by atoms with van der Waals surface area (Å²) in [5.74, 6) is -1.80. The molecule has 2 aromatic heterocycles. The summed E-state index contributed by atoms with van der Waals surface area (Å²) in [6.45, 7) is 2.42. The summed E-state index contributed by atoms with van der Waals surface area (Å²) in [5.41, 5.74) is 8.16. The number of carbonyl (C=O) groups is 1. The first-order valence-corrected chi connectivity index (χ1v) is 14.6. The maximum atomic E-state index is 14.4. The summed E-state index contributed by atoms with van der Waals surface area (Å²) >= 11 is 0. The van der Waals surface area contributed by atoms with Crippen LogP contribution in [0.3, 0.4) is 0 Å². The zero-order chi connectivity index (χ0) is 33.3. The largest absolute Gasteiger partial charge is 0.495 e. The SMILES string of the molecule is COc1cc(-c2nn(C3CCN(Cc4ccc(C#N)cc4)CC3)c3ncnc(N)c23)ccc1NC(=O)c1ccc(C(F)(F)F)cc1F. The number of amides is 1. The highest BCUT2D eigenvalue weighted by atomic mass is 19.4. The van der Waals surface area contributed by atoms with Gasteiger partial charge in [0.25, 0.3) is 5.91 Å². The Hall–Kier alpha value is -5.55. The first kappa shape index (κ1) is 31.4. The van der Waals surface area contributed by atoms with E-state index < -0.39 is 29.0 Å². The van der Waals surface area contributed by atoms with E-state index in [9.17, 15) is 22.4 Å². The Balaban J connectivity index is 1.23. The van der Waals surface area contributed by atoms with Crippen LogP contribution in [-0.4, -0.2) is 50.8 Å². The number of likely N-dealkylation sites (tertiary alicyclic amines) is 1. The van der Waals surface area contributed by atoms with Gasteiger partial charge in [-0.05, 0) is 60.9 Å². The van der Waals surface area contributed by atoms with E-state index in [1.807, 2.05) is 28.9 Å². The molecule has 0 radical (unpaired) electrons. The van der Waals surface area contributed by atoms with Crippen molar-refractivity contribution >= 4 is 28.4 Å². The van der Waals surface area contributed by atoms with Gasteiger partial charge in [-0.2, -0.15) is 23.5 Å². The second-order valence-corrected chi connectivity index (χ2v) is 11.1. The number of nitrogens with zero attached hydrogens (tertiary/aromatic N) is 6. The highest BCUT2D eigenvalue weighted by Gasteiger charge is 2.32. The Morgan fingerprint density at radius 2 is 1.83 bits per heavy atom. The van der Waals surface area contributed by atoms with Gasteiger partial charge in [0.05, 0.1) is 47.0 Å². The number of anilines is 2. The monoisotopic (exact) mass is 644 g/mol. The number of ether oxygens (including phenoxy) is 1. The van der Waals surface area contributed by atoms with Crippen molar-refractivity contribution in [2.24, 2.45) is 0 Å². The van der Waals surface area contributed by atoms with Crippen molar-refractivity contribution in [1.29, 1.82) is 5.26 Å². The Labute approximate surface area is 266 Å². The summed E-state index contributed by atoms with van der Waals surface area (Å²) in [6, 6.07) is 16.3. The van der Waals surface area contributed by atoms with E-state index in [1.54, 1.807) is 12.1 Å². The van der Waals surface area contributed by atoms with Crippen LogP contribution in [0.1, 0.15) is 45.9 Å². The van der Waals surface area contributed by atoms with E-state index >= 15 is 0 Å². The van der Waals surface area contributed by atoms with Gasteiger partial charge in [0, 0.05) is 25.2 Å². The molecule has 10 nitrogen and oxygen atoms in total. The van der Waals surface area contributed by atoms with E-state index in [4.69, 9.17) is 20.8 Å². The van der Waals surface area contributed by atoms with Crippen molar-refractivity contribution in [2.45, 2.75) is 31.6 Å². The molecule has 0 unspecified atom stereocenters. The van der Waals surface area contributed by atoms with Gasteiger partial charge >= 0.3 is 6.18 Å². The minimum atomic E-state index is -4.75. The van der Waals surface area contributed by atoms with Crippen LogP contribution < -0.4 is 15.8 Å². The number of methoxy groups -OCH3 is 1. The van der Waals surface area contributed by atoms with Gasteiger partial charge in [0.15, 0.2) is 5.65 Å². The molecule has 1 saturated heterocycles. The maximum Gasteiger partial charge on any atom is 0.416 e. The lowest BCUT2D eigenvalue weighted by Crippen LogP contribution is -2.34. The standard InChI is InChI=1S/C33H28F4N8O2/c1-47-27-14-21(6-9-26(27)42-32(46)24-8-7-22(15-25(24)34)33(35,36)37)29-28-30(39)40-18-41-31(28)45(43-29)23-10-12-44(13-11-23)17-20-4-2-19(16-38)3-5-20/h2-9,14-15,18,23H,10-13,17H2,1H3,(H,42,46)(H2,39,40,41). The molecule has 1 fully saturated rings. The molecule has 0 aliphatic carbocycles. The fraction of sp³-hybridized carbons (Fsp3) is 0.242. The van der Waals surface area contributed by atoms with Crippen LogP contribution in [0.25, 0.3) is 22.3 Å². The summed E-state index contributed by atoms with van der Waals surface area (Å²) < 4.78 is 60.7. The third-order valence-corrected chi connectivity index (χ3v) is 8.17. The summed E-state index contributed by atoms with van der Waals surface area (Å²) in [7, 11) is 1.38. The van der Waals surface area contributed by atoms with Crippen LogP contribution in [0.2, 0.25) is 0 Å². The number of nitrogens with two attached hydrogens (primary N) is 1. The van der Waals surface area contributed by atoms with Crippen LogP contribution in [0.4, 0.5) is 29.1 Å². The van der Waals surface area contributed by atoms with E-state index in [2.05, 4.69) is 26.3 Å². The van der Waals surface area contributed by atoms with Crippen molar-refractivity contribution in [3.63, 3.8) is 0 Å². The van der Waals surface area contributed by atoms with Crippen LogP contribution in [0.5, 0.6) is 5.75 Å². The Morgan fingerprint density at radius 3 is 2.49 bits per heavy atom. The molecule has 1 aliphatic heterocycles. The Kier molecular flexibility index (Phi) is 8.48. The van der Waals surface area contributed by atoms with E-state index in [1.165, 1.54) is 19.5 Å². The van der Waals surface area contributed by atoms with Gasteiger partial charge in [-0.1, -0.05) is 18.2 Å². The van der Waals surface area contributed by atoms with E-state index in [-0.39, 0.29) is 29.4 Å². The topological polar surface area (TPSA) is 135 Å². The number of piperidine rings is 1. The van der Waals surface area contributed by atoms with Gasteiger partial charge in [0.2, 0.25) is 0 Å². The highest BCUT2D eigenvalue weighted by molar-refractivity contribution is 6.06. The molecule has 3 aromatic carbocycles. The number of hydrogen-bond acceptors (Lipinski definition) is 8. The molecule has 3 heterocycles. The molecule has 1 amide bonds. The molecule has 47 heavy (non-hydrogen) atoms. The summed E-state index contributed by atoms with van der Waals surface area (Å²) in [4.78, 5) is 23.8. The zero-order valence-corrected chi connectivity index (χ0v) is 25.1. The van der Waals surface area contributed by atoms with Gasteiger partial charge in [-0.15, -0.1) is 0 Å². The minimum absolute atomic E-state index is 0.0388. The van der Waals surface area contributed by atoms with Crippen LogP contribution in [0.15, 0.2) is 67.0 Å². The van der Waals surface area contributed by atoms with Crippen molar-refractivity contribution in [3.05, 3.63) is 95.1 Å². The molecule has 1 aliphatic rings. The van der Waals surface area contributed by atoms with Gasteiger partial charge in [-0.3, -0.25) is 9.69 Å². The molecule has 0 saturated carbocycles. The molecular weight excluding hydrogens is 616 g/mol. The fourth-order valence-electron chi connectivity index (χ4n) is 5.72. The lowest BCUT2D eigenvalue weighted by molar-refractivity contribution is -0.137. The normalized spacial score (nSPS) is 14.2. The fourth-order valence-corrected chi connectivity index (χ4v) is 5.72. The number of nitriles is 1. The summed E-state index contributed by atoms with van der Waals surface area (Å²) in [6.07, 6.45) is -1.74. The number of benzene rings is 3. The molecule has 0 bridgehead atoms. The first-order chi connectivity index (χ1) is 22.5. The number of hydrogen-bond donors (Lipinski definition) is 2. The number of rotatable bonds is 7. The molecule has 3 N–H and O–H groups in total. The van der Waals surface area contributed by atoms with Gasteiger partial charge in [0.1, 0.15) is 29.4 Å². The molecular formula is C33H28F4N8O2. The minimum Gasteiger partial charge on any atom is -0.495 e. The van der Waals surface area contributed by atoms with E-state index in [0.717, 1.165) is 44.1 Å². The third-order valence-electron chi connectivity index (χ3n) is 8.17. The van der Waals surface area contributed by atoms with Gasteiger partial charge < -0.3 is 15.8 Å². The van der Waals surface area contributed by atoms with Crippen molar-refractivity contribution < 1.29 is 27.1 Å². The molecule has 14 heteroatoms. The molecule has 0 spiro atoms. The lowest BCUT2D eigenvalue weighted by Gasteiger charge is -2.32. The Morgan fingerprint density at radius 1 is 1.09 bits per heavy atom. The predicted molar refractivity (Wildman–Crippen MR) is 166 cm³/mol. The number of alkyl halides is 3. The number of nitrogen functional groups attached to an aromatic ring is 1. The van der Waals surface area contributed by atoms with Crippen molar-refractivity contribution in [1.82, 2.24) is 24.6 Å². The van der Waals surface area contributed by atoms with E-state index in [0.29, 0.717) is 33.9 Å². The lowest BCUT2D eigenvalue weighted by atomic mass is 10.0. The number of aromatic nitrogens is 4. The Bertz CT molecular complexity index is 2000. The van der Waals surface area contributed by atoms with Gasteiger partial charge in [-0.25, -0.2) is 19.0 Å². The first-order valence-electron chi connectivity index (χ1n) is 14.6. The average molecular weight is 645 g/mol. The molecule has 240 valence electrons. The van der Waals surface area contributed by atoms with Crippen LogP contribution >= 0.6 is 0 Å². The highest BCUT2D eigenvalue weighted by Crippen LogP contribution is 2.38. The van der Waals surface area contributed by atoms with Crippen molar-refractivity contribution in [2.75, 3.05) is 31.2 Å². The number of halogens is 4. The van der Waals surface area contributed by atoms with Crippen molar-refractivity contribution in [3.8, 4) is 23.1 Å². The number of fused-ring (bicyclic) bond motifs is 1. The average Bonchev–Trinajstić information content (AvgIpc) is 3.46. The zero-order valence-electron chi connectivity index (χ0n) is 25.1. The molecule has 5 aromatic rings. The smallest absolute Gasteiger partial charge is 0.416 e. The van der Waals surface area contributed by atoms with Crippen LogP contribution in [0, 0.1) is 17.1 Å². The number of nitrogens with one attached hydrogen (secondary N) is 1. The molecule has 0 atom stereocenters. The second kappa shape index (κ2) is 12.7. The molecule has 6 rings (SSSR count). The maximum absolute atomic E-state index is 14.4. The second-order valence-electron chi connectivity index (χ2n) is 11.1. The summed E-state index contributed by atoms with van der Waals surface area (Å²) in [5, 5.41) is 17.0. The predicted octanol–water partition coefficient (Wildman–Crippen LogP) is 6.20. The van der Waals surface area contributed by atoms with Crippen LogP contribution in [-0.2, 0) is 12.7 Å². The number of carbonyl (C=O) groups excluding carboxylic acids is 1. The third kappa shape index (κ3) is 6.43.